The van der Waals surface area contributed by atoms with Gasteiger partial charge >= 0.3 is 0 Å². The van der Waals surface area contributed by atoms with Crippen molar-refractivity contribution in [1.82, 2.24) is 20.3 Å². The summed E-state index contributed by atoms with van der Waals surface area (Å²) in [6.45, 7) is 3.49. The Bertz CT molecular complexity index is 483. The second-order valence-electron chi connectivity index (χ2n) is 4.32. The summed E-state index contributed by atoms with van der Waals surface area (Å²) in [4.78, 5) is 0. The lowest BCUT2D eigenvalue weighted by Crippen LogP contribution is -2.24. The lowest BCUT2D eigenvalue weighted by molar-refractivity contribution is 0.112. The molecule has 0 aliphatic heterocycles. The van der Waals surface area contributed by atoms with E-state index in [0.717, 1.165) is 24.4 Å². The van der Waals surface area contributed by atoms with Gasteiger partial charge in [0.25, 0.3) is 0 Å². The second-order valence-corrected chi connectivity index (χ2v) is 4.32. The molecule has 0 bridgehead atoms. The summed E-state index contributed by atoms with van der Waals surface area (Å²) in [6.07, 6.45) is 2.80. The van der Waals surface area contributed by atoms with Crippen molar-refractivity contribution in [2.45, 2.75) is 19.4 Å². The van der Waals surface area contributed by atoms with Gasteiger partial charge in [-0.25, -0.2) is 4.68 Å². The first-order chi connectivity index (χ1) is 9.36. The van der Waals surface area contributed by atoms with Gasteiger partial charge in [-0.1, -0.05) is 30.3 Å². The fraction of sp³-hybridized carbons (Fsp3) is 0.429. The van der Waals surface area contributed by atoms with Gasteiger partial charge in [-0.3, -0.25) is 0 Å². The van der Waals surface area contributed by atoms with Crippen molar-refractivity contribution in [2.75, 3.05) is 20.3 Å². The van der Waals surface area contributed by atoms with Crippen LogP contribution < -0.4 is 5.32 Å². The number of nitrogens with one attached hydrogen (secondary N) is 1. The van der Waals surface area contributed by atoms with Crippen LogP contribution in [-0.2, 0) is 4.74 Å². The molecule has 5 nitrogen and oxygen atoms in total. The highest BCUT2D eigenvalue weighted by Crippen LogP contribution is 2.16. The maximum Gasteiger partial charge on any atom is 0.0838 e. The van der Waals surface area contributed by atoms with Crippen molar-refractivity contribution in [3.8, 4) is 5.69 Å². The Kier molecular flexibility index (Phi) is 5.06. The normalized spacial score (nSPS) is 12.5. The largest absolute Gasteiger partial charge is 0.379 e. The number of likely N-dealkylation sites (N-methyl/N-ethyl adjacent to an activating group) is 1. The second kappa shape index (κ2) is 7.01. The molecule has 1 aromatic carbocycles. The predicted molar refractivity (Wildman–Crippen MR) is 74.3 cm³/mol. The van der Waals surface area contributed by atoms with Crippen LogP contribution in [0.2, 0.25) is 0 Å². The van der Waals surface area contributed by atoms with E-state index >= 15 is 0 Å². The van der Waals surface area contributed by atoms with E-state index in [1.807, 2.05) is 42.1 Å². The van der Waals surface area contributed by atoms with Crippen LogP contribution in [0.15, 0.2) is 36.5 Å². The van der Waals surface area contributed by atoms with Crippen LogP contribution in [0.5, 0.6) is 0 Å². The summed E-state index contributed by atoms with van der Waals surface area (Å²) in [6, 6.07) is 10.1. The average molecular weight is 260 g/mol. The number of nitrogens with zero attached hydrogens (tertiary/aromatic N) is 3. The van der Waals surface area contributed by atoms with Crippen molar-refractivity contribution in [3.05, 3.63) is 42.2 Å². The van der Waals surface area contributed by atoms with Crippen LogP contribution >= 0.6 is 0 Å². The first kappa shape index (κ1) is 13.7. The van der Waals surface area contributed by atoms with Crippen molar-refractivity contribution < 1.29 is 4.74 Å². The summed E-state index contributed by atoms with van der Waals surface area (Å²) >= 11 is 0. The average Bonchev–Trinajstić information content (AvgIpc) is 2.94. The molecule has 0 radical (unpaired) electrons. The minimum absolute atomic E-state index is 0.0850. The lowest BCUT2D eigenvalue weighted by Gasteiger charge is -2.17. The van der Waals surface area contributed by atoms with Gasteiger partial charge in [0, 0.05) is 6.61 Å². The zero-order chi connectivity index (χ0) is 13.5. The van der Waals surface area contributed by atoms with Gasteiger partial charge in [-0.15, -0.1) is 5.10 Å². The monoisotopic (exact) mass is 260 g/mol. The molecule has 1 heterocycles. The molecule has 0 fully saturated rings. The fourth-order valence-corrected chi connectivity index (χ4v) is 1.91. The summed E-state index contributed by atoms with van der Waals surface area (Å²) < 4.78 is 7.46. The summed E-state index contributed by atoms with van der Waals surface area (Å²) in [5, 5.41) is 11.4. The molecule has 2 rings (SSSR count). The molecule has 1 unspecified atom stereocenters. The van der Waals surface area contributed by atoms with Crippen LogP contribution in [0.4, 0.5) is 0 Å². The van der Waals surface area contributed by atoms with Crippen molar-refractivity contribution >= 4 is 0 Å². The zero-order valence-electron chi connectivity index (χ0n) is 11.4. The lowest BCUT2D eigenvalue weighted by atomic mass is 10.2. The number of rotatable bonds is 7. The van der Waals surface area contributed by atoms with Crippen LogP contribution in [0.1, 0.15) is 25.1 Å². The molecular formula is C14H20N4O. The Morgan fingerprint density at radius 1 is 1.32 bits per heavy atom. The molecule has 102 valence electrons. The molecule has 2 aromatic rings. The van der Waals surface area contributed by atoms with Crippen molar-refractivity contribution in [3.63, 3.8) is 0 Å². The zero-order valence-corrected chi connectivity index (χ0v) is 11.4. The van der Waals surface area contributed by atoms with Gasteiger partial charge in [-0.05, 0) is 25.6 Å². The number of hydrogen-bond donors (Lipinski definition) is 1. The first-order valence-corrected chi connectivity index (χ1v) is 6.57. The summed E-state index contributed by atoms with van der Waals surface area (Å²) in [5.74, 6) is 0. The Balaban J connectivity index is 2.18. The van der Waals surface area contributed by atoms with E-state index in [0.29, 0.717) is 6.61 Å². The smallest absolute Gasteiger partial charge is 0.0838 e. The highest BCUT2D eigenvalue weighted by molar-refractivity contribution is 5.32. The number of ether oxygens (including phenoxy) is 1. The third-order valence-corrected chi connectivity index (χ3v) is 2.91. The first-order valence-electron chi connectivity index (χ1n) is 6.57. The SMILES string of the molecule is CCCOCC(NC)c1cnnn1-c1ccccc1. The third-order valence-electron chi connectivity index (χ3n) is 2.91. The number of benzene rings is 1. The van der Waals surface area contributed by atoms with Crippen LogP contribution in [0, 0.1) is 0 Å². The summed E-state index contributed by atoms with van der Waals surface area (Å²) in [7, 11) is 1.92. The molecule has 0 aliphatic carbocycles. The molecule has 0 saturated heterocycles. The van der Waals surface area contributed by atoms with Gasteiger partial charge in [0.1, 0.15) is 0 Å². The maximum atomic E-state index is 5.62. The van der Waals surface area contributed by atoms with E-state index in [4.69, 9.17) is 4.74 Å². The van der Waals surface area contributed by atoms with Gasteiger partial charge < -0.3 is 10.1 Å². The Hall–Kier alpha value is -1.72. The van der Waals surface area contributed by atoms with Gasteiger partial charge in [0.15, 0.2) is 0 Å². The van der Waals surface area contributed by atoms with E-state index in [9.17, 15) is 0 Å². The third kappa shape index (κ3) is 3.39. The fourth-order valence-electron chi connectivity index (χ4n) is 1.91. The predicted octanol–water partition coefficient (Wildman–Crippen LogP) is 1.95. The maximum absolute atomic E-state index is 5.62. The van der Waals surface area contributed by atoms with E-state index < -0.39 is 0 Å². The van der Waals surface area contributed by atoms with E-state index in [2.05, 4.69) is 22.6 Å². The minimum Gasteiger partial charge on any atom is -0.379 e. The molecule has 1 atom stereocenters. The molecule has 19 heavy (non-hydrogen) atoms. The molecule has 1 aromatic heterocycles. The molecule has 1 N–H and O–H groups in total. The van der Waals surface area contributed by atoms with Crippen LogP contribution in [0.3, 0.4) is 0 Å². The highest BCUT2D eigenvalue weighted by Gasteiger charge is 2.16. The van der Waals surface area contributed by atoms with Crippen LogP contribution in [-0.4, -0.2) is 35.3 Å². The van der Waals surface area contributed by atoms with E-state index in [1.54, 1.807) is 6.20 Å². The minimum atomic E-state index is 0.0850. The number of aromatic nitrogens is 3. The Morgan fingerprint density at radius 3 is 2.79 bits per heavy atom. The number of hydrogen-bond acceptors (Lipinski definition) is 4. The number of para-hydroxylation sites is 1. The Morgan fingerprint density at radius 2 is 2.11 bits per heavy atom. The van der Waals surface area contributed by atoms with E-state index in [1.165, 1.54) is 0 Å². The molecule has 0 amide bonds. The van der Waals surface area contributed by atoms with E-state index in [-0.39, 0.29) is 6.04 Å². The molecular weight excluding hydrogens is 240 g/mol. The topological polar surface area (TPSA) is 52.0 Å². The van der Waals surface area contributed by atoms with Crippen molar-refractivity contribution in [1.29, 1.82) is 0 Å². The van der Waals surface area contributed by atoms with Gasteiger partial charge in [-0.2, -0.15) is 0 Å². The molecule has 0 spiro atoms. The van der Waals surface area contributed by atoms with Crippen LogP contribution in [0.25, 0.3) is 5.69 Å². The van der Waals surface area contributed by atoms with Gasteiger partial charge in [0.2, 0.25) is 0 Å². The Labute approximate surface area is 113 Å². The summed E-state index contributed by atoms with van der Waals surface area (Å²) in [5.41, 5.74) is 2.01. The van der Waals surface area contributed by atoms with Gasteiger partial charge in [0.05, 0.1) is 30.2 Å². The molecule has 0 saturated carbocycles. The standard InChI is InChI=1S/C14H20N4O/c1-3-9-19-11-13(15-2)14-10-16-17-18(14)12-7-5-4-6-8-12/h4-8,10,13,15H,3,9,11H2,1-2H3. The highest BCUT2D eigenvalue weighted by atomic mass is 16.5. The quantitative estimate of drug-likeness (QED) is 0.773. The molecule has 0 aliphatic rings. The molecule has 5 heteroatoms. The van der Waals surface area contributed by atoms with Crippen molar-refractivity contribution in [2.24, 2.45) is 0 Å².